The molecule has 0 bridgehead atoms. The first-order chi connectivity index (χ1) is 10.8. The molecule has 0 unspecified atom stereocenters. The van der Waals surface area contributed by atoms with Crippen molar-refractivity contribution in [3.63, 3.8) is 0 Å². The number of fused-ring (bicyclic) bond motifs is 1. The van der Waals surface area contributed by atoms with Crippen LogP contribution in [-0.4, -0.2) is 14.9 Å². The molecule has 2 aromatic carbocycles. The van der Waals surface area contributed by atoms with Crippen LogP contribution in [0.15, 0.2) is 73.1 Å². The number of hydrogen-bond acceptors (Lipinski definition) is 2. The quantitative estimate of drug-likeness (QED) is 0.532. The van der Waals surface area contributed by atoms with Gasteiger partial charge < -0.3 is 0 Å². The van der Waals surface area contributed by atoms with Gasteiger partial charge in [-0.25, -0.2) is 0 Å². The Hall–Kier alpha value is -2.72. The van der Waals surface area contributed by atoms with Gasteiger partial charge >= 0.3 is 5.65 Å². The third-order valence-corrected chi connectivity index (χ3v) is 3.69. The highest BCUT2D eigenvalue weighted by Crippen LogP contribution is 2.22. The van der Waals surface area contributed by atoms with Crippen LogP contribution in [0, 0.1) is 0 Å². The molecule has 0 amide bonds. The summed E-state index contributed by atoms with van der Waals surface area (Å²) < 4.78 is 1.93. The molecule has 0 radical (unpaired) electrons. The summed E-state index contributed by atoms with van der Waals surface area (Å²) in [5.74, 6) is 0. The standard InChI is InChI=1S/C17H12ClN4/c18-14-9-7-13(8-10-14)16-17-19-11-4-12-21(17)22(20-16)15-5-2-1-3-6-15/h1-12H/q+1. The van der Waals surface area contributed by atoms with Crippen molar-refractivity contribution in [3.05, 3.63) is 78.1 Å². The Kier molecular flexibility index (Phi) is 3.09. The summed E-state index contributed by atoms with van der Waals surface area (Å²) in [6.45, 7) is 0. The molecule has 4 nitrogen and oxygen atoms in total. The van der Waals surface area contributed by atoms with Gasteiger partial charge in [-0.05, 0) is 41.5 Å². The smallest absolute Gasteiger partial charge is 0.126 e. The Labute approximate surface area is 132 Å². The van der Waals surface area contributed by atoms with Gasteiger partial charge in [-0.2, -0.15) is 0 Å². The molecule has 0 saturated carbocycles. The molecule has 0 saturated heterocycles. The molecule has 4 rings (SSSR count). The van der Waals surface area contributed by atoms with Gasteiger partial charge in [0.05, 0.1) is 6.20 Å². The van der Waals surface area contributed by atoms with E-state index in [0.717, 1.165) is 22.6 Å². The van der Waals surface area contributed by atoms with Crippen LogP contribution < -0.4 is 4.52 Å². The highest BCUT2D eigenvalue weighted by Gasteiger charge is 2.22. The second-order valence-corrected chi connectivity index (χ2v) is 5.30. The lowest BCUT2D eigenvalue weighted by Crippen LogP contribution is -2.32. The molecule has 0 aliphatic carbocycles. The van der Waals surface area contributed by atoms with Gasteiger partial charge in [0.25, 0.3) is 0 Å². The first-order valence-electron chi connectivity index (χ1n) is 6.90. The van der Waals surface area contributed by atoms with Gasteiger partial charge in [-0.15, -0.1) is 9.50 Å². The largest absolute Gasteiger partial charge is 0.330 e. The summed E-state index contributed by atoms with van der Waals surface area (Å²) in [6, 6.07) is 19.5. The Bertz CT molecular complexity index is 930. The van der Waals surface area contributed by atoms with Crippen molar-refractivity contribution >= 4 is 17.2 Å². The molecular weight excluding hydrogens is 296 g/mol. The van der Waals surface area contributed by atoms with Gasteiger partial charge in [0.2, 0.25) is 5.69 Å². The normalized spacial score (nSPS) is 11.0. The fraction of sp³-hybridized carbons (Fsp3) is 0. The second-order valence-electron chi connectivity index (χ2n) is 4.87. The fourth-order valence-corrected chi connectivity index (χ4v) is 2.54. The van der Waals surface area contributed by atoms with E-state index in [9.17, 15) is 0 Å². The molecule has 0 atom stereocenters. The third kappa shape index (κ3) is 2.14. The molecule has 0 N–H and O–H groups in total. The number of para-hydroxylation sites is 1. The molecule has 0 aliphatic heterocycles. The van der Waals surface area contributed by atoms with E-state index in [-0.39, 0.29) is 0 Å². The second kappa shape index (κ2) is 5.24. The molecule has 2 heterocycles. The topological polar surface area (TPSA) is 34.8 Å². The lowest BCUT2D eigenvalue weighted by atomic mass is 10.2. The van der Waals surface area contributed by atoms with Crippen molar-refractivity contribution in [2.75, 3.05) is 0 Å². The summed E-state index contributed by atoms with van der Waals surface area (Å²) in [4.78, 5) is 6.31. The SMILES string of the molecule is Clc1ccc(-c2nn(-c3ccccc3)[n+]3cccnc23)cc1. The van der Waals surface area contributed by atoms with E-state index >= 15 is 0 Å². The highest BCUT2D eigenvalue weighted by atomic mass is 35.5. The minimum Gasteiger partial charge on any atom is -0.126 e. The van der Waals surface area contributed by atoms with E-state index in [1.165, 1.54) is 0 Å². The molecule has 0 fully saturated rings. The summed E-state index contributed by atoms with van der Waals surface area (Å²) in [7, 11) is 0. The maximum absolute atomic E-state index is 5.97. The summed E-state index contributed by atoms with van der Waals surface area (Å²) in [5, 5.41) is 5.44. The van der Waals surface area contributed by atoms with Crippen molar-refractivity contribution in [1.82, 2.24) is 14.9 Å². The molecule has 4 aromatic rings. The Morgan fingerprint density at radius 1 is 0.909 bits per heavy atom. The van der Waals surface area contributed by atoms with E-state index in [1.807, 2.05) is 76.2 Å². The minimum absolute atomic E-state index is 0.705. The van der Waals surface area contributed by atoms with Gasteiger partial charge in [0.1, 0.15) is 11.9 Å². The lowest BCUT2D eigenvalue weighted by Gasteiger charge is -1.96. The molecular formula is C17H12ClN4+. The predicted octanol–water partition coefficient (Wildman–Crippen LogP) is 3.33. The maximum Gasteiger partial charge on any atom is 0.330 e. The Morgan fingerprint density at radius 3 is 2.45 bits per heavy atom. The highest BCUT2D eigenvalue weighted by molar-refractivity contribution is 6.30. The number of benzene rings is 2. The molecule has 106 valence electrons. The summed E-state index contributed by atoms with van der Waals surface area (Å²) >= 11 is 5.97. The van der Waals surface area contributed by atoms with Gasteiger partial charge in [-0.3, -0.25) is 0 Å². The predicted molar refractivity (Wildman–Crippen MR) is 85.0 cm³/mol. The maximum atomic E-state index is 5.97. The van der Waals surface area contributed by atoms with E-state index < -0.39 is 0 Å². The van der Waals surface area contributed by atoms with E-state index in [0.29, 0.717) is 5.02 Å². The molecule has 5 heteroatoms. The van der Waals surface area contributed by atoms with Crippen molar-refractivity contribution in [3.8, 4) is 16.9 Å². The zero-order chi connectivity index (χ0) is 14.9. The van der Waals surface area contributed by atoms with Crippen LogP contribution >= 0.6 is 11.6 Å². The van der Waals surface area contributed by atoms with Crippen LogP contribution in [0.3, 0.4) is 0 Å². The van der Waals surface area contributed by atoms with Crippen LogP contribution in [-0.2, 0) is 0 Å². The van der Waals surface area contributed by atoms with Crippen LogP contribution in [0.5, 0.6) is 0 Å². The molecule has 22 heavy (non-hydrogen) atoms. The molecule has 0 aliphatic rings. The van der Waals surface area contributed by atoms with Crippen molar-refractivity contribution in [2.45, 2.75) is 0 Å². The Morgan fingerprint density at radius 2 is 1.68 bits per heavy atom. The average molecular weight is 308 g/mol. The molecule has 2 aromatic heterocycles. The van der Waals surface area contributed by atoms with Gasteiger partial charge in [-0.1, -0.05) is 34.6 Å². The lowest BCUT2D eigenvalue weighted by molar-refractivity contribution is -0.606. The van der Waals surface area contributed by atoms with Gasteiger partial charge in [0.15, 0.2) is 0 Å². The number of halogens is 1. The average Bonchev–Trinajstić information content (AvgIpc) is 2.96. The number of aromatic nitrogens is 4. The van der Waals surface area contributed by atoms with Crippen molar-refractivity contribution in [2.24, 2.45) is 0 Å². The Balaban J connectivity index is 1.99. The monoisotopic (exact) mass is 307 g/mol. The van der Waals surface area contributed by atoms with Crippen LogP contribution in [0.4, 0.5) is 0 Å². The number of rotatable bonds is 2. The first-order valence-corrected chi connectivity index (χ1v) is 7.28. The summed E-state index contributed by atoms with van der Waals surface area (Å²) in [6.07, 6.45) is 3.72. The van der Waals surface area contributed by atoms with Crippen molar-refractivity contribution in [1.29, 1.82) is 0 Å². The van der Waals surface area contributed by atoms with E-state index in [2.05, 4.69) is 4.98 Å². The summed E-state index contributed by atoms with van der Waals surface area (Å²) in [5.41, 5.74) is 3.58. The van der Waals surface area contributed by atoms with E-state index in [4.69, 9.17) is 16.7 Å². The van der Waals surface area contributed by atoms with Gasteiger partial charge in [0, 0.05) is 16.7 Å². The minimum atomic E-state index is 0.705. The van der Waals surface area contributed by atoms with Crippen LogP contribution in [0.1, 0.15) is 0 Å². The first kappa shape index (κ1) is 13.0. The number of hydrogen-bond donors (Lipinski definition) is 0. The number of nitrogens with zero attached hydrogens (tertiary/aromatic N) is 4. The van der Waals surface area contributed by atoms with Crippen molar-refractivity contribution < 1.29 is 4.52 Å². The van der Waals surface area contributed by atoms with Crippen LogP contribution in [0.2, 0.25) is 5.02 Å². The zero-order valence-electron chi connectivity index (χ0n) is 11.6. The third-order valence-electron chi connectivity index (χ3n) is 3.44. The zero-order valence-corrected chi connectivity index (χ0v) is 12.4. The van der Waals surface area contributed by atoms with E-state index in [1.54, 1.807) is 6.20 Å². The molecule has 0 spiro atoms. The van der Waals surface area contributed by atoms with Crippen LogP contribution in [0.25, 0.3) is 22.6 Å². The fourth-order valence-electron chi connectivity index (χ4n) is 2.41.